The molecule has 4 nitrogen and oxygen atoms in total. The molecular formula is C18H31N3OS. The zero-order chi connectivity index (χ0) is 16.2. The van der Waals surface area contributed by atoms with E-state index in [0.29, 0.717) is 6.54 Å². The number of nitrogens with one attached hydrogen (secondary N) is 1. The van der Waals surface area contributed by atoms with E-state index in [9.17, 15) is 5.11 Å². The summed E-state index contributed by atoms with van der Waals surface area (Å²) >= 11 is 1.87. The minimum atomic E-state index is -0.291. The van der Waals surface area contributed by atoms with Crippen LogP contribution in [-0.4, -0.2) is 47.3 Å². The maximum Gasteiger partial charge on any atom is 0.110 e. The van der Waals surface area contributed by atoms with E-state index in [0.717, 1.165) is 32.0 Å². The molecular weight excluding hydrogens is 306 g/mol. The zero-order valence-corrected chi connectivity index (χ0v) is 15.4. The molecule has 130 valence electrons. The predicted molar refractivity (Wildman–Crippen MR) is 96.0 cm³/mol. The first kappa shape index (κ1) is 17.3. The van der Waals surface area contributed by atoms with Gasteiger partial charge in [-0.3, -0.25) is 0 Å². The van der Waals surface area contributed by atoms with Crippen molar-refractivity contribution in [1.29, 1.82) is 0 Å². The Bertz CT molecular complexity index is 473. The maximum absolute atomic E-state index is 10.3. The highest BCUT2D eigenvalue weighted by molar-refractivity contribution is 7.11. The van der Waals surface area contributed by atoms with Gasteiger partial charge in [-0.05, 0) is 64.5 Å². The summed E-state index contributed by atoms with van der Waals surface area (Å²) in [7, 11) is 0. The predicted octanol–water partition coefficient (Wildman–Crippen LogP) is 2.77. The van der Waals surface area contributed by atoms with Gasteiger partial charge in [-0.25, -0.2) is 4.98 Å². The lowest BCUT2D eigenvalue weighted by molar-refractivity contribution is 0.0892. The summed E-state index contributed by atoms with van der Waals surface area (Å²) in [5, 5.41) is 15.0. The molecule has 2 N–H and O–H groups in total. The summed E-state index contributed by atoms with van der Waals surface area (Å²) in [6.07, 6.45) is 7.18. The first-order valence-corrected chi connectivity index (χ1v) is 10.1. The van der Waals surface area contributed by atoms with Crippen molar-refractivity contribution in [2.45, 2.75) is 64.5 Å². The van der Waals surface area contributed by atoms with Crippen molar-refractivity contribution in [1.82, 2.24) is 15.2 Å². The molecule has 1 saturated heterocycles. The van der Waals surface area contributed by atoms with Crippen molar-refractivity contribution < 1.29 is 5.11 Å². The van der Waals surface area contributed by atoms with E-state index in [1.165, 1.54) is 47.7 Å². The Hall–Kier alpha value is -0.490. The van der Waals surface area contributed by atoms with Crippen molar-refractivity contribution in [3.63, 3.8) is 0 Å². The molecule has 23 heavy (non-hydrogen) atoms. The Kier molecular flexibility index (Phi) is 6.07. The van der Waals surface area contributed by atoms with E-state index in [2.05, 4.69) is 24.1 Å². The van der Waals surface area contributed by atoms with Gasteiger partial charge in [0.1, 0.15) is 5.01 Å². The summed E-state index contributed by atoms with van der Waals surface area (Å²) in [5.41, 5.74) is 1.33. The number of hydrogen-bond donors (Lipinski definition) is 2. The van der Waals surface area contributed by atoms with Crippen molar-refractivity contribution in [2.75, 3.05) is 26.2 Å². The van der Waals surface area contributed by atoms with E-state index in [-0.39, 0.29) is 12.1 Å². The van der Waals surface area contributed by atoms with Gasteiger partial charge in [0.05, 0.1) is 17.8 Å². The Labute approximate surface area is 144 Å². The number of aliphatic hydroxyl groups excluding tert-OH is 1. The second-order valence-electron chi connectivity index (χ2n) is 7.40. The largest absolute Gasteiger partial charge is 0.390 e. The van der Waals surface area contributed by atoms with E-state index in [1.807, 2.05) is 11.3 Å². The van der Waals surface area contributed by atoms with E-state index in [1.54, 1.807) is 0 Å². The quantitative estimate of drug-likeness (QED) is 0.838. The highest BCUT2D eigenvalue weighted by Gasteiger charge is 2.21. The fraction of sp³-hybridized carbons (Fsp3) is 0.833. The Morgan fingerprint density at radius 3 is 2.78 bits per heavy atom. The van der Waals surface area contributed by atoms with Crippen molar-refractivity contribution >= 4 is 11.3 Å². The molecule has 1 aromatic heterocycles. The molecule has 2 aliphatic rings. The first-order valence-electron chi connectivity index (χ1n) is 9.24. The molecule has 0 amide bonds. The van der Waals surface area contributed by atoms with Crippen LogP contribution in [0.25, 0.3) is 0 Å². The molecule has 0 aromatic carbocycles. The van der Waals surface area contributed by atoms with Crippen LogP contribution in [0.4, 0.5) is 0 Å². The molecule has 0 bridgehead atoms. The molecule has 1 aromatic rings. The summed E-state index contributed by atoms with van der Waals surface area (Å²) in [5.74, 6) is 0.845. The third-order valence-corrected chi connectivity index (χ3v) is 6.58. The molecule has 1 aliphatic heterocycles. The van der Waals surface area contributed by atoms with Crippen LogP contribution in [0.5, 0.6) is 0 Å². The summed E-state index contributed by atoms with van der Waals surface area (Å²) in [6.45, 7) is 8.20. The van der Waals surface area contributed by atoms with E-state index >= 15 is 0 Å². The average Bonchev–Trinajstić information content (AvgIpc) is 2.99. The number of piperidine rings is 1. The maximum atomic E-state index is 10.3. The smallest absolute Gasteiger partial charge is 0.110 e. The molecule has 0 saturated carbocycles. The summed E-state index contributed by atoms with van der Waals surface area (Å²) < 4.78 is 0. The van der Waals surface area contributed by atoms with E-state index < -0.39 is 0 Å². The third kappa shape index (κ3) is 4.75. The van der Waals surface area contributed by atoms with Crippen molar-refractivity contribution in [2.24, 2.45) is 5.92 Å². The van der Waals surface area contributed by atoms with Gasteiger partial charge in [0, 0.05) is 18.0 Å². The standard InChI is InChI=1S/C18H31N3OS/c1-13-7-9-21(10-8-13)12-15(22)11-19-14(2)18-20-16-5-3-4-6-17(16)23-18/h13-15,19,22H,3-12H2,1-2H3. The van der Waals surface area contributed by atoms with Crippen molar-refractivity contribution in [3.05, 3.63) is 15.6 Å². The third-order valence-electron chi connectivity index (χ3n) is 5.24. The molecule has 5 heteroatoms. The van der Waals surface area contributed by atoms with E-state index in [4.69, 9.17) is 4.98 Å². The number of aliphatic hydroxyl groups is 1. The lowest BCUT2D eigenvalue weighted by Gasteiger charge is -2.31. The summed E-state index contributed by atoms with van der Waals surface area (Å²) in [6, 6.07) is 0.238. The number of rotatable bonds is 6. The minimum Gasteiger partial charge on any atom is -0.390 e. The highest BCUT2D eigenvalue weighted by Crippen LogP contribution is 2.29. The Balaban J connectivity index is 1.43. The molecule has 0 spiro atoms. The van der Waals surface area contributed by atoms with Crippen LogP contribution < -0.4 is 5.32 Å². The van der Waals surface area contributed by atoms with Crippen LogP contribution >= 0.6 is 11.3 Å². The van der Waals surface area contributed by atoms with Gasteiger partial charge < -0.3 is 15.3 Å². The van der Waals surface area contributed by atoms with Gasteiger partial charge in [0.2, 0.25) is 0 Å². The molecule has 1 fully saturated rings. The van der Waals surface area contributed by atoms with Gasteiger partial charge in [-0.2, -0.15) is 0 Å². The molecule has 2 atom stereocenters. The van der Waals surface area contributed by atoms with Crippen LogP contribution in [0.15, 0.2) is 0 Å². The number of nitrogens with zero attached hydrogens (tertiary/aromatic N) is 2. The molecule has 3 rings (SSSR count). The van der Waals surface area contributed by atoms with Gasteiger partial charge in [-0.15, -0.1) is 11.3 Å². The van der Waals surface area contributed by atoms with Crippen LogP contribution in [0.3, 0.4) is 0 Å². The Morgan fingerprint density at radius 1 is 1.30 bits per heavy atom. The Morgan fingerprint density at radius 2 is 2.04 bits per heavy atom. The van der Waals surface area contributed by atoms with Gasteiger partial charge in [-0.1, -0.05) is 6.92 Å². The highest BCUT2D eigenvalue weighted by atomic mass is 32.1. The number of likely N-dealkylation sites (tertiary alicyclic amines) is 1. The number of fused-ring (bicyclic) bond motifs is 1. The normalized spacial score (nSPS) is 22.7. The number of thiazole rings is 1. The topological polar surface area (TPSA) is 48.4 Å². The number of hydrogen-bond acceptors (Lipinski definition) is 5. The fourth-order valence-electron chi connectivity index (χ4n) is 3.56. The molecule has 2 unspecified atom stereocenters. The summed E-state index contributed by atoms with van der Waals surface area (Å²) in [4.78, 5) is 8.71. The number of aryl methyl sites for hydroxylation is 2. The molecule has 2 heterocycles. The fourth-order valence-corrected chi connectivity index (χ4v) is 4.74. The van der Waals surface area contributed by atoms with Crippen LogP contribution in [0.1, 0.15) is 61.2 Å². The number of aromatic nitrogens is 1. The van der Waals surface area contributed by atoms with Crippen LogP contribution in [-0.2, 0) is 12.8 Å². The molecule has 0 radical (unpaired) electrons. The zero-order valence-electron chi connectivity index (χ0n) is 14.6. The van der Waals surface area contributed by atoms with Gasteiger partial charge >= 0.3 is 0 Å². The lowest BCUT2D eigenvalue weighted by atomic mass is 9.99. The van der Waals surface area contributed by atoms with Crippen LogP contribution in [0, 0.1) is 5.92 Å². The monoisotopic (exact) mass is 337 g/mol. The average molecular weight is 338 g/mol. The van der Waals surface area contributed by atoms with Crippen molar-refractivity contribution in [3.8, 4) is 0 Å². The van der Waals surface area contributed by atoms with Gasteiger partial charge in [0.25, 0.3) is 0 Å². The SMILES string of the molecule is CC1CCN(CC(O)CNC(C)c2nc3c(s2)CCCC3)CC1. The second-order valence-corrected chi connectivity index (χ2v) is 8.51. The van der Waals surface area contributed by atoms with Gasteiger partial charge in [0.15, 0.2) is 0 Å². The first-order chi connectivity index (χ1) is 11.1. The van der Waals surface area contributed by atoms with Crippen LogP contribution in [0.2, 0.25) is 0 Å². The lowest BCUT2D eigenvalue weighted by Crippen LogP contribution is -2.42. The number of β-amino-alcohol motifs (C(OH)–C–C–N with tert-alkyl or cyclic N) is 1. The second kappa shape index (κ2) is 8.06. The minimum absolute atomic E-state index is 0.238. The molecule has 1 aliphatic carbocycles.